The van der Waals surface area contributed by atoms with Gasteiger partial charge in [0, 0.05) is 6.20 Å². The Hall–Kier alpha value is -1.36. The standard InChI is InChI=1S/C8H12N2O3.ClH/c1-3-13-8(11)7-6(9)5(12-2)4-10-7;/h4,10H,3,9H2,1-2H3;1H. The van der Waals surface area contributed by atoms with E-state index in [1.165, 1.54) is 13.3 Å². The molecule has 0 aromatic carbocycles. The lowest BCUT2D eigenvalue weighted by atomic mass is 10.3. The Morgan fingerprint density at radius 2 is 2.29 bits per heavy atom. The van der Waals surface area contributed by atoms with Crippen molar-refractivity contribution in [2.75, 3.05) is 19.5 Å². The molecular formula is C8H13ClN2O3. The molecule has 14 heavy (non-hydrogen) atoms. The molecule has 1 rings (SSSR count). The lowest BCUT2D eigenvalue weighted by molar-refractivity contribution is 0.0521. The largest absolute Gasteiger partial charge is 0.493 e. The zero-order valence-electron chi connectivity index (χ0n) is 7.99. The summed E-state index contributed by atoms with van der Waals surface area (Å²) in [4.78, 5) is 13.9. The maximum atomic E-state index is 11.2. The van der Waals surface area contributed by atoms with Gasteiger partial charge < -0.3 is 20.2 Å². The zero-order valence-corrected chi connectivity index (χ0v) is 8.81. The molecule has 0 radical (unpaired) electrons. The minimum atomic E-state index is -0.469. The highest BCUT2D eigenvalue weighted by Crippen LogP contribution is 2.24. The topological polar surface area (TPSA) is 77.3 Å². The predicted octanol–water partition coefficient (Wildman–Crippen LogP) is 1.20. The Morgan fingerprint density at radius 1 is 1.64 bits per heavy atom. The van der Waals surface area contributed by atoms with Crippen LogP contribution < -0.4 is 10.5 Å². The van der Waals surface area contributed by atoms with Crippen molar-refractivity contribution < 1.29 is 14.3 Å². The fraction of sp³-hybridized carbons (Fsp3) is 0.375. The third kappa shape index (κ3) is 2.32. The minimum Gasteiger partial charge on any atom is -0.493 e. The molecule has 1 aromatic rings. The molecule has 0 atom stereocenters. The van der Waals surface area contributed by atoms with Crippen LogP contribution in [0.25, 0.3) is 0 Å². The highest BCUT2D eigenvalue weighted by molar-refractivity contribution is 5.94. The first-order chi connectivity index (χ1) is 6.20. The van der Waals surface area contributed by atoms with Crippen LogP contribution in [0.2, 0.25) is 0 Å². The van der Waals surface area contributed by atoms with E-state index in [0.29, 0.717) is 12.4 Å². The molecule has 0 saturated heterocycles. The first kappa shape index (κ1) is 12.6. The summed E-state index contributed by atoms with van der Waals surface area (Å²) in [7, 11) is 1.48. The van der Waals surface area contributed by atoms with Gasteiger partial charge in [-0.25, -0.2) is 4.79 Å². The SMILES string of the molecule is CCOC(=O)c1[nH]cc(OC)c1N.Cl. The minimum absolute atomic E-state index is 0. The number of ether oxygens (including phenoxy) is 2. The van der Waals surface area contributed by atoms with E-state index in [9.17, 15) is 4.79 Å². The van der Waals surface area contributed by atoms with Gasteiger partial charge in [-0.05, 0) is 6.92 Å². The van der Waals surface area contributed by atoms with Crippen LogP contribution in [0.3, 0.4) is 0 Å². The second-order valence-corrected chi connectivity index (χ2v) is 2.37. The van der Waals surface area contributed by atoms with Crippen LogP contribution in [0.5, 0.6) is 5.75 Å². The molecule has 0 amide bonds. The lowest BCUT2D eigenvalue weighted by Crippen LogP contribution is -2.07. The fourth-order valence-electron chi connectivity index (χ4n) is 0.957. The molecule has 0 spiro atoms. The number of nitrogens with two attached hydrogens (primary N) is 1. The van der Waals surface area contributed by atoms with Gasteiger partial charge in [0.05, 0.1) is 13.7 Å². The number of H-pyrrole nitrogens is 1. The van der Waals surface area contributed by atoms with Crippen molar-refractivity contribution in [1.82, 2.24) is 4.98 Å². The summed E-state index contributed by atoms with van der Waals surface area (Å²) in [6.07, 6.45) is 1.52. The van der Waals surface area contributed by atoms with Crippen molar-refractivity contribution in [2.24, 2.45) is 0 Å². The Labute approximate surface area is 88.0 Å². The smallest absolute Gasteiger partial charge is 0.357 e. The normalized spacial score (nSPS) is 9.00. The Morgan fingerprint density at radius 3 is 2.71 bits per heavy atom. The zero-order chi connectivity index (χ0) is 9.84. The number of aromatic amines is 1. The average molecular weight is 221 g/mol. The van der Waals surface area contributed by atoms with Crippen molar-refractivity contribution in [3.63, 3.8) is 0 Å². The van der Waals surface area contributed by atoms with E-state index >= 15 is 0 Å². The van der Waals surface area contributed by atoms with Crippen LogP contribution in [0.1, 0.15) is 17.4 Å². The Kier molecular flexibility index (Phi) is 4.86. The number of nitrogens with one attached hydrogen (secondary N) is 1. The number of nitrogen functional groups attached to an aromatic ring is 1. The quantitative estimate of drug-likeness (QED) is 0.751. The van der Waals surface area contributed by atoms with Crippen molar-refractivity contribution in [3.05, 3.63) is 11.9 Å². The van der Waals surface area contributed by atoms with Crippen molar-refractivity contribution >= 4 is 24.1 Å². The molecule has 1 aromatic heterocycles. The van der Waals surface area contributed by atoms with E-state index in [-0.39, 0.29) is 23.8 Å². The number of aromatic nitrogens is 1. The summed E-state index contributed by atoms with van der Waals surface area (Å²) < 4.78 is 9.65. The van der Waals surface area contributed by atoms with Crippen LogP contribution in [-0.2, 0) is 4.74 Å². The summed E-state index contributed by atoms with van der Waals surface area (Å²) in [6.45, 7) is 2.05. The maximum absolute atomic E-state index is 11.2. The molecule has 0 bridgehead atoms. The first-order valence-electron chi connectivity index (χ1n) is 3.88. The summed E-state index contributed by atoms with van der Waals surface area (Å²) in [5.41, 5.74) is 6.10. The lowest BCUT2D eigenvalue weighted by Gasteiger charge is -2.00. The molecule has 0 fully saturated rings. The van der Waals surface area contributed by atoms with Crippen LogP contribution in [0.4, 0.5) is 5.69 Å². The predicted molar refractivity (Wildman–Crippen MR) is 55.0 cm³/mol. The van der Waals surface area contributed by atoms with Gasteiger partial charge in [0.15, 0.2) is 11.4 Å². The van der Waals surface area contributed by atoms with E-state index < -0.39 is 5.97 Å². The van der Waals surface area contributed by atoms with Gasteiger partial charge in [-0.15, -0.1) is 12.4 Å². The molecule has 3 N–H and O–H groups in total. The molecule has 1 heterocycles. The number of carbonyl (C=O) groups is 1. The molecule has 0 aliphatic carbocycles. The van der Waals surface area contributed by atoms with Gasteiger partial charge in [-0.2, -0.15) is 0 Å². The van der Waals surface area contributed by atoms with Gasteiger partial charge in [0.2, 0.25) is 0 Å². The molecule has 80 valence electrons. The number of halogens is 1. The third-order valence-electron chi connectivity index (χ3n) is 1.58. The number of rotatable bonds is 3. The van der Waals surface area contributed by atoms with Crippen molar-refractivity contribution in [1.29, 1.82) is 0 Å². The van der Waals surface area contributed by atoms with E-state index in [0.717, 1.165) is 0 Å². The molecular weight excluding hydrogens is 208 g/mol. The molecule has 6 heteroatoms. The van der Waals surface area contributed by atoms with E-state index in [4.69, 9.17) is 15.2 Å². The summed E-state index contributed by atoms with van der Waals surface area (Å²) in [5.74, 6) is -0.0219. The van der Waals surface area contributed by atoms with Gasteiger partial charge in [0.25, 0.3) is 0 Å². The molecule has 0 unspecified atom stereocenters. The van der Waals surface area contributed by atoms with Gasteiger partial charge in [-0.3, -0.25) is 0 Å². The van der Waals surface area contributed by atoms with E-state index in [2.05, 4.69) is 4.98 Å². The summed E-state index contributed by atoms with van der Waals surface area (Å²) in [5, 5.41) is 0. The summed E-state index contributed by atoms with van der Waals surface area (Å²) >= 11 is 0. The molecule has 0 aliphatic heterocycles. The molecule has 0 aliphatic rings. The highest BCUT2D eigenvalue weighted by atomic mass is 35.5. The number of hydrogen-bond donors (Lipinski definition) is 2. The number of esters is 1. The van der Waals surface area contributed by atoms with Gasteiger partial charge >= 0.3 is 5.97 Å². The number of carbonyl (C=O) groups excluding carboxylic acids is 1. The van der Waals surface area contributed by atoms with Crippen LogP contribution in [0, 0.1) is 0 Å². The number of methoxy groups -OCH3 is 1. The second kappa shape index (κ2) is 5.39. The highest BCUT2D eigenvalue weighted by Gasteiger charge is 2.16. The second-order valence-electron chi connectivity index (χ2n) is 2.37. The Balaban J connectivity index is 0.00000169. The van der Waals surface area contributed by atoms with Crippen LogP contribution in [-0.4, -0.2) is 24.7 Å². The monoisotopic (exact) mass is 220 g/mol. The maximum Gasteiger partial charge on any atom is 0.357 e. The average Bonchev–Trinajstić information content (AvgIpc) is 2.47. The van der Waals surface area contributed by atoms with E-state index in [1.54, 1.807) is 6.92 Å². The molecule has 5 nitrogen and oxygen atoms in total. The van der Waals surface area contributed by atoms with Gasteiger partial charge in [0.1, 0.15) is 5.69 Å². The first-order valence-corrected chi connectivity index (χ1v) is 3.88. The Bertz CT molecular complexity index is 312. The van der Waals surface area contributed by atoms with Crippen LogP contribution in [0.15, 0.2) is 6.20 Å². The third-order valence-corrected chi connectivity index (χ3v) is 1.58. The number of anilines is 1. The summed E-state index contributed by atoms with van der Waals surface area (Å²) in [6, 6.07) is 0. The number of hydrogen-bond acceptors (Lipinski definition) is 4. The fourth-order valence-corrected chi connectivity index (χ4v) is 0.957. The molecule has 0 saturated carbocycles. The van der Waals surface area contributed by atoms with Gasteiger partial charge in [-0.1, -0.05) is 0 Å². The van der Waals surface area contributed by atoms with Crippen LogP contribution >= 0.6 is 12.4 Å². The van der Waals surface area contributed by atoms with Crippen molar-refractivity contribution in [2.45, 2.75) is 6.92 Å². The van der Waals surface area contributed by atoms with Crippen molar-refractivity contribution in [3.8, 4) is 5.75 Å². The van der Waals surface area contributed by atoms with E-state index in [1.807, 2.05) is 0 Å².